The lowest BCUT2D eigenvalue weighted by atomic mass is 9.77. The molecule has 1 aromatic heterocycles. The van der Waals surface area contributed by atoms with Crippen molar-refractivity contribution in [2.45, 2.75) is 39.0 Å². The van der Waals surface area contributed by atoms with Crippen molar-refractivity contribution in [1.29, 1.82) is 0 Å². The van der Waals surface area contributed by atoms with Crippen LogP contribution in [0, 0.1) is 5.41 Å². The molecule has 0 N–H and O–H groups in total. The van der Waals surface area contributed by atoms with Gasteiger partial charge in [0.2, 0.25) is 12.7 Å². The van der Waals surface area contributed by atoms with E-state index in [0.717, 1.165) is 50.3 Å². The third-order valence-corrected chi connectivity index (χ3v) is 5.58. The van der Waals surface area contributed by atoms with Gasteiger partial charge in [0.1, 0.15) is 0 Å². The first-order valence-corrected chi connectivity index (χ1v) is 9.67. The number of fused-ring (bicyclic) bond motifs is 1. The van der Waals surface area contributed by atoms with Gasteiger partial charge in [0.15, 0.2) is 11.5 Å². The van der Waals surface area contributed by atoms with Gasteiger partial charge in [-0.15, -0.1) is 0 Å². The number of aryl methyl sites for hydroxylation is 1. The van der Waals surface area contributed by atoms with Gasteiger partial charge in [-0.25, -0.2) is 0 Å². The highest BCUT2D eigenvalue weighted by Crippen LogP contribution is 2.37. The predicted octanol–water partition coefficient (Wildman–Crippen LogP) is 3.61. The molecule has 4 rings (SSSR count). The second-order valence-electron chi connectivity index (χ2n) is 7.95. The first-order valence-electron chi connectivity index (χ1n) is 9.67. The maximum absolute atomic E-state index is 12.7. The van der Waals surface area contributed by atoms with Crippen molar-refractivity contribution in [2.75, 3.05) is 19.9 Å². The van der Waals surface area contributed by atoms with E-state index in [1.165, 1.54) is 11.1 Å². The van der Waals surface area contributed by atoms with Gasteiger partial charge >= 0.3 is 0 Å². The zero-order chi connectivity index (χ0) is 18.7. The fourth-order valence-electron chi connectivity index (χ4n) is 4.18. The van der Waals surface area contributed by atoms with E-state index in [1.807, 2.05) is 18.2 Å². The van der Waals surface area contributed by atoms with E-state index in [2.05, 4.69) is 28.9 Å². The molecule has 2 aromatic rings. The Morgan fingerprint density at radius 2 is 1.96 bits per heavy atom. The van der Waals surface area contributed by atoms with E-state index in [0.29, 0.717) is 13.2 Å². The summed E-state index contributed by atoms with van der Waals surface area (Å²) in [5.41, 5.74) is 2.50. The molecule has 1 saturated heterocycles. The van der Waals surface area contributed by atoms with Crippen LogP contribution in [-0.2, 0) is 17.6 Å². The van der Waals surface area contributed by atoms with E-state index < -0.39 is 0 Å². The van der Waals surface area contributed by atoms with Crippen LogP contribution in [-0.4, -0.2) is 35.7 Å². The van der Waals surface area contributed by atoms with Crippen LogP contribution in [0.2, 0.25) is 0 Å². The number of nitrogens with zero attached hydrogens (tertiary/aromatic N) is 2. The lowest BCUT2D eigenvalue weighted by Crippen LogP contribution is -2.45. The number of ether oxygens (including phenoxy) is 2. The summed E-state index contributed by atoms with van der Waals surface area (Å²) >= 11 is 0. The second kappa shape index (κ2) is 7.59. The smallest absolute Gasteiger partial charge is 0.231 e. The molecule has 1 atom stereocenters. The summed E-state index contributed by atoms with van der Waals surface area (Å²) in [5, 5.41) is 0. The molecule has 5 heteroatoms. The minimum atomic E-state index is 0.0955. The van der Waals surface area contributed by atoms with Crippen molar-refractivity contribution in [3.8, 4) is 11.5 Å². The molecule has 0 spiro atoms. The van der Waals surface area contributed by atoms with E-state index in [1.54, 1.807) is 12.4 Å². The second-order valence-corrected chi connectivity index (χ2v) is 7.95. The molecule has 0 unspecified atom stereocenters. The number of hydrogen-bond donors (Lipinski definition) is 0. The van der Waals surface area contributed by atoms with Crippen molar-refractivity contribution in [2.24, 2.45) is 5.41 Å². The molecule has 1 amide bonds. The molecule has 142 valence electrons. The van der Waals surface area contributed by atoms with Gasteiger partial charge in [-0.1, -0.05) is 13.0 Å². The fourth-order valence-corrected chi connectivity index (χ4v) is 4.18. The summed E-state index contributed by atoms with van der Waals surface area (Å²) in [6.45, 7) is 4.28. The summed E-state index contributed by atoms with van der Waals surface area (Å²) in [6.07, 6.45) is 8.03. The van der Waals surface area contributed by atoms with Gasteiger partial charge in [-0.3, -0.25) is 9.78 Å². The maximum atomic E-state index is 12.7. The van der Waals surface area contributed by atoms with E-state index in [9.17, 15) is 4.79 Å². The summed E-state index contributed by atoms with van der Waals surface area (Å²) < 4.78 is 10.9. The number of pyridine rings is 1. The summed E-state index contributed by atoms with van der Waals surface area (Å²) in [5.74, 6) is 1.90. The normalized spacial score (nSPS) is 21.3. The van der Waals surface area contributed by atoms with Gasteiger partial charge in [-0.05, 0) is 66.5 Å². The zero-order valence-electron chi connectivity index (χ0n) is 15.8. The number of benzene rings is 1. The predicted molar refractivity (Wildman–Crippen MR) is 103 cm³/mol. The van der Waals surface area contributed by atoms with Crippen LogP contribution < -0.4 is 9.47 Å². The molecule has 27 heavy (non-hydrogen) atoms. The molecular weight excluding hydrogens is 340 g/mol. The van der Waals surface area contributed by atoms with Crippen LogP contribution in [0.1, 0.15) is 37.3 Å². The third kappa shape index (κ3) is 4.24. The Morgan fingerprint density at radius 3 is 2.81 bits per heavy atom. The first-order chi connectivity index (χ1) is 13.1. The van der Waals surface area contributed by atoms with Gasteiger partial charge in [0.25, 0.3) is 0 Å². The van der Waals surface area contributed by atoms with Crippen LogP contribution in [0.15, 0.2) is 42.7 Å². The van der Waals surface area contributed by atoms with Crippen LogP contribution in [0.4, 0.5) is 0 Å². The maximum Gasteiger partial charge on any atom is 0.231 e. The summed E-state index contributed by atoms with van der Waals surface area (Å²) in [7, 11) is 0. The number of carbonyl (C=O) groups excluding carboxylic acids is 1. The first kappa shape index (κ1) is 17.8. The topological polar surface area (TPSA) is 51.7 Å². The lowest BCUT2D eigenvalue weighted by Gasteiger charge is -2.41. The quantitative estimate of drug-likeness (QED) is 0.811. The highest BCUT2D eigenvalue weighted by atomic mass is 16.7. The molecular formula is C22H26N2O3. The molecule has 3 heterocycles. The Morgan fingerprint density at radius 1 is 1.15 bits per heavy atom. The van der Waals surface area contributed by atoms with Gasteiger partial charge in [0.05, 0.1) is 0 Å². The Kier molecular flexibility index (Phi) is 5.01. The third-order valence-electron chi connectivity index (χ3n) is 5.58. The molecule has 5 nitrogen and oxygen atoms in total. The van der Waals surface area contributed by atoms with Crippen molar-refractivity contribution >= 4 is 5.91 Å². The lowest BCUT2D eigenvalue weighted by molar-refractivity contribution is -0.134. The number of aromatic nitrogens is 1. The molecule has 1 aromatic carbocycles. The van der Waals surface area contributed by atoms with Gasteiger partial charge < -0.3 is 14.4 Å². The Balaban J connectivity index is 1.37. The number of likely N-dealkylation sites (tertiary alicyclic amines) is 1. The highest BCUT2D eigenvalue weighted by Gasteiger charge is 2.33. The molecule has 0 aliphatic carbocycles. The van der Waals surface area contributed by atoms with Crippen molar-refractivity contribution in [1.82, 2.24) is 9.88 Å². The molecule has 0 saturated carbocycles. The number of hydrogen-bond acceptors (Lipinski definition) is 4. The molecule has 1 fully saturated rings. The standard InChI is InChI=1S/C22H26N2O3/c1-22(14-18-3-5-19-20(13-18)27-16-26-19)9-2-12-24(15-22)21(25)6-4-17-7-10-23-11-8-17/h3,5,7-8,10-11,13H,2,4,6,9,12,14-16H2,1H3/t22-/m1/s1. The van der Waals surface area contributed by atoms with Crippen LogP contribution in [0.25, 0.3) is 0 Å². The van der Waals surface area contributed by atoms with Crippen molar-refractivity contribution in [3.05, 3.63) is 53.9 Å². The zero-order valence-corrected chi connectivity index (χ0v) is 15.8. The number of carbonyl (C=O) groups is 1. The van der Waals surface area contributed by atoms with Crippen molar-refractivity contribution in [3.63, 3.8) is 0 Å². The largest absolute Gasteiger partial charge is 0.454 e. The van der Waals surface area contributed by atoms with E-state index >= 15 is 0 Å². The minimum Gasteiger partial charge on any atom is -0.454 e. The minimum absolute atomic E-state index is 0.0955. The monoisotopic (exact) mass is 366 g/mol. The SMILES string of the molecule is C[C@]1(Cc2ccc3c(c2)OCO3)CCCN(C(=O)CCc2ccncc2)C1. The van der Waals surface area contributed by atoms with E-state index in [-0.39, 0.29) is 11.3 Å². The Labute approximate surface area is 160 Å². The number of amides is 1. The van der Waals surface area contributed by atoms with Crippen LogP contribution in [0.5, 0.6) is 11.5 Å². The number of piperidine rings is 1. The Hall–Kier alpha value is -2.56. The average Bonchev–Trinajstić information content (AvgIpc) is 3.14. The molecule has 2 aliphatic heterocycles. The molecule has 0 radical (unpaired) electrons. The van der Waals surface area contributed by atoms with Crippen LogP contribution in [0.3, 0.4) is 0 Å². The molecule has 2 aliphatic rings. The van der Waals surface area contributed by atoms with Gasteiger partial charge in [-0.2, -0.15) is 0 Å². The van der Waals surface area contributed by atoms with Crippen molar-refractivity contribution < 1.29 is 14.3 Å². The average molecular weight is 366 g/mol. The number of rotatable bonds is 5. The fraction of sp³-hybridized carbons (Fsp3) is 0.455. The van der Waals surface area contributed by atoms with Crippen LogP contribution >= 0.6 is 0 Å². The van der Waals surface area contributed by atoms with E-state index in [4.69, 9.17) is 9.47 Å². The van der Waals surface area contributed by atoms with Gasteiger partial charge in [0, 0.05) is 31.9 Å². The summed E-state index contributed by atoms with van der Waals surface area (Å²) in [4.78, 5) is 18.8. The summed E-state index contributed by atoms with van der Waals surface area (Å²) in [6, 6.07) is 10.1. The highest BCUT2D eigenvalue weighted by molar-refractivity contribution is 5.76. The Bertz CT molecular complexity index is 808. The molecule has 0 bridgehead atoms.